The van der Waals surface area contributed by atoms with Crippen LogP contribution in [-0.2, 0) is 10.6 Å². The van der Waals surface area contributed by atoms with Crippen LogP contribution in [0.4, 0.5) is 0 Å². The fraction of sp³-hybridized carbons (Fsp3) is 0.538. The normalized spacial score (nSPS) is 20.3. The Morgan fingerprint density at radius 2 is 2.35 bits per heavy atom. The standard InChI is InChI=1S/C13H16BrClO2/c1-9-5-11(14)6-10(7-15)13(9)17-12-3-2-4-16-8-12/h5-6,12H,2-4,7-8H2,1H3. The molecule has 0 N–H and O–H groups in total. The molecule has 94 valence electrons. The number of aryl methyl sites for hydroxylation is 1. The van der Waals surface area contributed by atoms with Gasteiger partial charge in [-0.05, 0) is 37.5 Å². The van der Waals surface area contributed by atoms with E-state index in [9.17, 15) is 0 Å². The highest BCUT2D eigenvalue weighted by Crippen LogP contribution is 2.31. The lowest BCUT2D eigenvalue weighted by Gasteiger charge is -2.25. The summed E-state index contributed by atoms with van der Waals surface area (Å²) in [6.07, 6.45) is 2.28. The molecule has 1 saturated heterocycles. The van der Waals surface area contributed by atoms with E-state index in [1.165, 1.54) is 0 Å². The van der Waals surface area contributed by atoms with E-state index in [4.69, 9.17) is 21.1 Å². The molecule has 1 unspecified atom stereocenters. The summed E-state index contributed by atoms with van der Waals surface area (Å²) in [6, 6.07) is 4.06. The number of hydrogen-bond acceptors (Lipinski definition) is 2. The van der Waals surface area contributed by atoms with Gasteiger partial charge in [0.25, 0.3) is 0 Å². The van der Waals surface area contributed by atoms with Gasteiger partial charge in [0.15, 0.2) is 0 Å². The lowest BCUT2D eigenvalue weighted by Crippen LogP contribution is -2.28. The van der Waals surface area contributed by atoms with Gasteiger partial charge in [0, 0.05) is 16.6 Å². The van der Waals surface area contributed by atoms with Crippen LogP contribution in [0.2, 0.25) is 0 Å². The van der Waals surface area contributed by atoms with Crippen LogP contribution in [0, 0.1) is 6.92 Å². The Morgan fingerprint density at radius 1 is 1.53 bits per heavy atom. The van der Waals surface area contributed by atoms with Crippen molar-refractivity contribution in [3.63, 3.8) is 0 Å². The largest absolute Gasteiger partial charge is 0.487 e. The van der Waals surface area contributed by atoms with Crippen molar-refractivity contribution < 1.29 is 9.47 Å². The maximum Gasteiger partial charge on any atom is 0.127 e. The lowest BCUT2D eigenvalue weighted by molar-refractivity contribution is 0.00684. The minimum absolute atomic E-state index is 0.158. The third-order valence-corrected chi connectivity index (χ3v) is 3.61. The van der Waals surface area contributed by atoms with Gasteiger partial charge in [0.1, 0.15) is 11.9 Å². The van der Waals surface area contributed by atoms with Gasteiger partial charge in [-0.1, -0.05) is 15.9 Å². The molecule has 2 rings (SSSR count). The summed E-state index contributed by atoms with van der Waals surface area (Å²) in [4.78, 5) is 0. The van der Waals surface area contributed by atoms with Gasteiger partial charge in [0.2, 0.25) is 0 Å². The highest BCUT2D eigenvalue weighted by Gasteiger charge is 2.18. The summed E-state index contributed by atoms with van der Waals surface area (Å²) in [5.41, 5.74) is 2.14. The molecular formula is C13H16BrClO2. The van der Waals surface area contributed by atoms with Gasteiger partial charge in [-0.3, -0.25) is 0 Å². The number of alkyl halides is 1. The van der Waals surface area contributed by atoms with E-state index in [-0.39, 0.29) is 6.10 Å². The summed E-state index contributed by atoms with van der Waals surface area (Å²) < 4.78 is 12.5. The van der Waals surface area contributed by atoms with E-state index in [0.717, 1.165) is 40.8 Å². The number of benzene rings is 1. The molecule has 1 aromatic rings. The molecule has 2 nitrogen and oxygen atoms in total. The van der Waals surface area contributed by atoms with Gasteiger partial charge >= 0.3 is 0 Å². The van der Waals surface area contributed by atoms with Crippen molar-refractivity contribution in [3.05, 3.63) is 27.7 Å². The van der Waals surface area contributed by atoms with Crippen LogP contribution >= 0.6 is 27.5 Å². The average molecular weight is 320 g/mol. The minimum atomic E-state index is 0.158. The van der Waals surface area contributed by atoms with Crippen molar-refractivity contribution in [2.75, 3.05) is 13.2 Å². The number of hydrogen-bond donors (Lipinski definition) is 0. The molecule has 1 fully saturated rings. The average Bonchev–Trinajstić information content (AvgIpc) is 2.33. The highest BCUT2D eigenvalue weighted by atomic mass is 79.9. The molecule has 1 atom stereocenters. The summed E-state index contributed by atoms with van der Waals surface area (Å²) >= 11 is 9.44. The third kappa shape index (κ3) is 3.36. The molecule has 0 saturated carbocycles. The van der Waals surface area contributed by atoms with Crippen LogP contribution in [0.5, 0.6) is 5.75 Å². The van der Waals surface area contributed by atoms with E-state index < -0.39 is 0 Å². The van der Waals surface area contributed by atoms with Crippen molar-refractivity contribution in [3.8, 4) is 5.75 Å². The molecule has 0 amide bonds. The Kier molecular flexibility index (Phi) is 4.71. The van der Waals surface area contributed by atoms with Crippen molar-refractivity contribution >= 4 is 27.5 Å². The van der Waals surface area contributed by atoms with Gasteiger partial charge in [0.05, 0.1) is 12.5 Å². The van der Waals surface area contributed by atoms with Crippen molar-refractivity contribution in [1.29, 1.82) is 0 Å². The topological polar surface area (TPSA) is 18.5 Å². The molecular weight excluding hydrogens is 303 g/mol. The second-order valence-electron chi connectivity index (χ2n) is 4.30. The van der Waals surface area contributed by atoms with Crippen molar-refractivity contribution in [2.24, 2.45) is 0 Å². The van der Waals surface area contributed by atoms with E-state index in [1.807, 2.05) is 13.0 Å². The number of rotatable bonds is 3. The fourth-order valence-corrected chi connectivity index (χ4v) is 2.86. The summed E-state index contributed by atoms with van der Waals surface area (Å²) in [6.45, 7) is 3.57. The van der Waals surface area contributed by atoms with Gasteiger partial charge in [-0.15, -0.1) is 11.6 Å². The summed E-state index contributed by atoms with van der Waals surface area (Å²) in [5.74, 6) is 1.38. The molecule has 1 aromatic carbocycles. The van der Waals surface area contributed by atoms with E-state index in [0.29, 0.717) is 12.5 Å². The predicted octanol–water partition coefficient (Wildman–Crippen LogP) is 4.05. The summed E-state index contributed by atoms with van der Waals surface area (Å²) in [5, 5.41) is 0. The van der Waals surface area contributed by atoms with Crippen LogP contribution in [0.25, 0.3) is 0 Å². The van der Waals surface area contributed by atoms with Crippen molar-refractivity contribution in [1.82, 2.24) is 0 Å². The molecule has 1 aliphatic rings. The fourth-order valence-electron chi connectivity index (χ4n) is 2.04. The lowest BCUT2D eigenvalue weighted by atomic mass is 10.1. The second-order valence-corrected chi connectivity index (χ2v) is 5.48. The number of ether oxygens (including phenoxy) is 2. The maximum atomic E-state index is 6.03. The minimum Gasteiger partial charge on any atom is -0.487 e. The first kappa shape index (κ1) is 13.2. The first-order chi connectivity index (χ1) is 8.20. The molecule has 1 heterocycles. The van der Waals surface area contributed by atoms with Crippen LogP contribution in [0.1, 0.15) is 24.0 Å². The Morgan fingerprint density at radius 3 is 3.00 bits per heavy atom. The molecule has 0 aliphatic carbocycles. The molecule has 0 radical (unpaired) electrons. The zero-order valence-electron chi connectivity index (χ0n) is 9.84. The van der Waals surface area contributed by atoms with E-state index in [1.54, 1.807) is 0 Å². The first-order valence-corrected chi connectivity index (χ1v) is 7.13. The number of halogens is 2. The van der Waals surface area contributed by atoms with E-state index >= 15 is 0 Å². The zero-order valence-corrected chi connectivity index (χ0v) is 12.2. The van der Waals surface area contributed by atoms with E-state index in [2.05, 4.69) is 22.0 Å². The SMILES string of the molecule is Cc1cc(Br)cc(CCl)c1OC1CCCOC1. The Balaban J connectivity index is 2.18. The van der Waals surface area contributed by atoms with Gasteiger partial charge in [-0.2, -0.15) is 0 Å². The molecule has 4 heteroatoms. The molecule has 17 heavy (non-hydrogen) atoms. The maximum absolute atomic E-state index is 6.03. The summed E-state index contributed by atoms with van der Waals surface area (Å²) in [7, 11) is 0. The van der Waals surface area contributed by atoms with Crippen LogP contribution in [-0.4, -0.2) is 19.3 Å². The molecule has 1 aliphatic heterocycles. The Hall–Kier alpha value is -0.250. The third-order valence-electron chi connectivity index (χ3n) is 2.86. The monoisotopic (exact) mass is 318 g/mol. The van der Waals surface area contributed by atoms with Crippen molar-refractivity contribution in [2.45, 2.75) is 31.7 Å². The first-order valence-electron chi connectivity index (χ1n) is 5.80. The predicted molar refractivity (Wildman–Crippen MR) is 72.9 cm³/mol. The molecule has 0 spiro atoms. The van der Waals surface area contributed by atoms with Gasteiger partial charge in [-0.25, -0.2) is 0 Å². The Bertz CT molecular complexity index is 389. The quantitative estimate of drug-likeness (QED) is 0.782. The van der Waals surface area contributed by atoms with Crippen LogP contribution in [0.15, 0.2) is 16.6 Å². The smallest absolute Gasteiger partial charge is 0.127 e. The molecule has 0 bridgehead atoms. The molecule has 0 aromatic heterocycles. The van der Waals surface area contributed by atoms with Crippen LogP contribution < -0.4 is 4.74 Å². The highest BCUT2D eigenvalue weighted by molar-refractivity contribution is 9.10. The zero-order chi connectivity index (χ0) is 12.3. The second kappa shape index (κ2) is 6.07. The Labute approximate surface area is 115 Å². The van der Waals surface area contributed by atoms with Crippen LogP contribution in [0.3, 0.4) is 0 Å². The van der Waals surface area contributed by atoms with Gasteiger partial charge < -0.3 is 9.47 Å².